The quantitative estimate of drug-likeness (QED) is 0.420. The van der Waals surface area contributed by atoms with E-state index in [2.05, 4.69) is 18.7 Å². The van der Waals surface area contributed by atoms with Crippen LogP contribution < -0.4 is 4.90 Å². The van der Waals surface area contributed by atoms with Gasteiger partial charge >= 0.3 is 5.97 Å². The van der Waals surface area contributed by atoms with E-state index < -0.39 is 21.6 Å². The molecule has 3 aromatic rings. The molecule has 33 heavy (non-hydrogen) atoms. The number of sulfone groups is 1. The van der Waals surface area contributed by atoms with Crippen LogP contribution in [0.3, 0.4) is 0 Å². The van der Waals surface area contributed by atoms with Gasteiger partial charge in [-0.2, -0.15) is 0 Å². The summed E-state index contributed by atoms with van der Waals surface area (Å²) < 4.78 is 23.7. The summed E-state index contributed by atoms with van der Waals surface area (Å²) in [5.41, 5.74) is 3.53. The molecule has 0 fully saturated rings. The van der Waals surface area contributed by atoms with E-state index in [0.717, 1.165) is 28.3 Å². The van der Waals surface area contributed by atoms with E-state index in [0.29, 0.717) is 19.4 Å². The highest BCUT2D eigenvalue weighted by Crippen LogP contribution is 2.31. The van der Waals surface area contributed by atoms with Crippen LogP contribution in [0.4, 0.5) is 5.82 Å². The van der Waals surface area contributed by atoms with Gasteiger partial charge in [0.05, 0.1) is 23.3 Å². The van der Waals surface area contributed by atoms with Gasteiger partial charge in [0.2, 0.25) is 0 Å². The molecule has 1 heterocycles. The Morgan fingerprint density at radius 1 is 0.939 bits per heavy atom. The van der Waals surface area contributed by atoms with Crippen LogP contribution >= 0.6 is 0 Å². The number of carboxylic acids is 1. The predicted molar refractivity (Wildman–Crippen MR) is 131 cm³/mol. The summed E-state index contributed by atoms with van der Waals surface area (Å²) >= 11 is 0. The number of anilines is 1. The second-order valence-electron chi connectivity index (χ2n) is 8.14. The first kappa shape index (κ1) is 24.4. The molecule has 1 N–H and O–H groups in total. The van der Waals surface area contributed by atoms with Crippen molar-refractivity contribution in [3.05, 3.63) is 66.9 Å². The SMILES string of the molecule is CC(C)N(CCCCS(=O)(=O)CC(=O)O)c1cnc(-c2ccccc2)c(-c2ccccc2)n1. The van der Waals surface area contributed by atoms with Crippen molar-refractivity contribution in [3.8, 4) is 22.5 Å². The van der Waals surface area contributed by atoms with Crippen LogP contribution in [0.5, 0.6) is 0 Å². The summed E-state index contributed by atoms with van der Waals surface area (Å²) in [7, 11) is -3.59. The number of nitrogens with zero attached hydrogens (tertiary/aromatic N) is 3. The average Bonchev–Trinajstić information content (AvgIpc) is 2.79. The molecule has 7 nitrogen and oxygen atoms in total. The van der Waals surface area contributed by atoms with Gasteiger partial charge in [-0.25, -0.2) is 13.4 Å². The first-order chi connectivity index (χ1) is 15.8. The molecule has 3 rings (SSSR count). The van der Waals surface area contributed by atoms with Gasteiger partial charge in [-0.1, -0.05) is 60.7 Å². The number of aromatic nitrogens is 2. The zero-order chi connectivity index (χ0) is 23.8. The molecule has 1 aromatic heterocycles. The second-order valence-corrected chi connectivity index (χ2v) is 10.3. The standard InChI is InChI=1S/C25H29N3O4S/c1-19(2)28(15-9-10-16-33(31,32)18-23(29)30)22-17-26-24(20-11-5-3-6-12-20)25(27-22)21-13-7-4-8-14-21/h3-8,11-14,17,19H,9-10,15-16,18H2,1-2H3,(H,29,30). The van der Waals surface area contributed by atoms with Crippen LogP contribution in [-0.2, 0) is 14.6 Å². The number of aliphatic carboxylic acids is 1. The highest BCUT2D eigenvalue weighted by atomic mass is 32.2. The maximum atomic E-state index is 11.8. The van der Waals surface area contributed by atoms with Gasteiger partial charge in [0, 0.05) is 23.7 Å². The van der Waals surface area contributed by atoms with Crippen molar-refractivity contribution in [2.24, 2.45) is 0 Å². The lowest BCUT2D eigenvalue weighted by molar-refractivity contribution is -0.134. The van der Waals surface area contributed by atoms with Crippen molar-refractivity contribution in [3.63, 3.8) is 0 Å². The number of hydrogen-bond donors (Lipinski definition) is 1. The van der Waals surface area contributed by atoms with E-state index in [-0.39, 0.29) is 11.8 Å². The summed E-state index contributed by atoms with van der Waals surface area (Å²) in [5, 5.41) is 8.74. The molecule has 0 spiro atoms. The van der Waals surface area contributed by atoms with E-state index in [1.807, 2.05) is 60.7 Å². The van der Waals surface area contributed by atoms with E-state index >= 15 is 0 Å². The number of hydrogen-bond acceptors (Lipinski definition) is 6. The lowest BCUT2D eigenvalue weighted by atomic mass is 10.0. The van der Waals surface area contributed by atoms with E-state index in [1.165, 1.54) is 0 Å². The smallest absolute Gasteiger partial charge is 0.318 e. The number of rotatable bonds is 11. The Morgan fingerprint density at radius 3 is 2.06 bits per heavy atom. The normalized spacial score (nSPS) is 11.5. The molecule has 0 bridgehead atoms. The highest BCUT2D eigenvalue weighted by Gasteiger charge is 2.19. The molecule has 2 aromatic carbocycles. The Hall–Kier alpha value is -3.26. The second kappa shape index (κ2) is 11.0. The third-order valence-corrected chi connectivity index (χ3v) is 6.82. The van der Waals surface area contributed by atoms with Crippen molar-refractivity contribution < 1.29 is 18.3 Å². The average molecular weight is 468 g/mol. The fourth-order valence-corrected chi connectivity index (χ4v) is 4.79. The number of carbonyl (C=O) groups is 1. The van der Waals surface area contributed by atoms with Gasteiger partial charge in [0.1, 0.15) is 11.6 Å². The largest absolute Gasteiger partial charge is 0.480 e. The Morgan fingerprint density at radius 2 is 1.52 bits per heavy atom. The molecule has 0 aliphatic heterocycles. The van der Waals surface area contributed by atoms with Gasteiger partial charge < -0.3 is 10.0 Å². The minimum Gasteiger partial charge on any atom is -0.480 e. The minimum atomic E-state index is -3.59. The molecule has 0 aliphatic rings. The summed E-state index contributed by atoms with van der Waals surface area (Å²) in [4.78, 5) is 22.5. The predicted octanol–water partition coefficient (Wildman–Crippen LogP) is 4.31. The molecule has 0 radical (unpaired) electrons. The first-order valence-electron chi connectivity index (χ1n) is 10.9. The first-order valence-corrected chi connectivity index (χ1v) is 12.8. The number of benzene rings is 2. The van der Waals surface area contributed by atoms with Gasteiger partial charge in [0.25, 0.3) is 0 Å². The van der Waals surface area contributed by atoms with Crippen molar-refractivity contribution >= 4 is 21.6 Å². The maximum Gasteiger partial charge on any atom is 0.318 e. The Balaban J connectivity index is 1.84. The van der Waals surface area contributed by atoms with Crippen LogP contribution in [0.1, 0.15) is 26.7 Å². The number of unbranched alkanes of at least 4 members (excludes halogenated alkanes) is 1. The van der Waals surface area contributed by atoms with Crippen molar-refractivity contribution in [2.45, 2.75) is 32.7 Å². The zero-order valence-electron chi connectivity index (χ0n) is 18.9. The third kappa shape index (κ3) is 6.86. The van der Waals surface area contributed by atoms with Crippen molar-refractivity contribution in [2.75, 3.05) is 23.0 Å². The monoisotopic (exact) mass is 467 g/mol. The highest BCUT2D eigenvalue weighted by molar-refractivity contribution is 7.92. The third-order valence-electron chi connectivity index (χ3n) is 5.22. The molecule has 174 valence electrons. The molecule has 8 heteroatoms. The molecule has 0 saturated carbocycles. The van der Waals surface area contributed by atoms with Gasteiger partial charge in [0.15, 0.2) is 9.84 Å². The van der Waals surface area contributed by atoms with E-state index in [9.17, 15) is 13.2 Å². The van der Waals surface area contributed by atoms with Gasteiger partial charge in [-0.3, -0.25) is 9.78 Å². The van der Waals surface area contributed by atoms with Crippen molar-refractivity contribution in [1.82, 2.24) is 9.97 Å². The minimum absolute atomic E-state index is 0.126. The lowest BCUT2D eigenvalue weighted by Crippen LogP contribution is -2.33. The van der Waals surface area contributed by atoms with Gasteiger partial charge in [-0.05, 0) is 26.7 Å². The fraction of sp³-hybridized carbons (Fsp3) is 0.320. The zero-order valence-corrected chi connectivity index (χ0v) is 19.7. The topological polar surface area (TPSA) is 100 Å². The summed E-state index contributed by atoms with van der Waals surface area (Å²) in [6, 6.07) is 20.0. The van der Waals surface area contributed by atoms with Crippen LogP contribution in [-0.4, -0.2) is 53.6 Å². The summed E-state index contributed by atoms with van der Waals surface area (Å²) in [6.45, 7) is 4.69. The van der Waals surface area contributed by atoms with Crippen LogP contribution in [0.2, 0.25) is 0 Å². The molecule has 0 unspecified atom stereocenters. The number of carboxylic acid groups (broad SMARTS) is 1. The Labute approximate surface area is 195 Å². The molecular formula is C25H29N3O4S. The Kier molecular flexibility index (Phi) is 8.16. The lowest BCUT2D eigenvalue weighted by Gasteiger charge is -2.28. The molecule has 0 amide bonds. The van der Waals surface area contributed by atoms with Crippen molar-refractivity contribution in [1.29, 1.82) is 0 Å². The van der Waals surface area contributed by atoms with Crippen LogP contribution in [0.25, 0.3) is 22.5 Å². The molecular weight excluding hydrogens is 438 g/mol. The summed E-state index contributed by atoms with van der Waals surface area (Å²) in [5.74, 6) is -1.56. The fourth-order valence-electron chi connectivity index (χ4n) is 3.62. The van der Waals surface area contributed by atoms with Crippen LogP contribution in [0, 0.1) is 0 Å². The van der Waals surface area contributed by atoms with Crippen LogP contribution in [0.15, 0.2) is 66.9 Å². The molecule has 0 aliphatic carbocycles. The molecule has 0 atom stereocenters. The Bertz CT molecular complexity index is 1170. The summed E-state index contributed by atoms with van der Waals surface area (Å²) in [6.07, 6.45) is 2.75. The van der Waals surface area contributed by atoms with Gasteiger partial charge in [-0.15, -0.1) is 0 Å². The van der Waals surface area contributed by atoms with E-state index in [4.69, 9.17) is 15.1 Å². The maximum absolute atomic E-state index is 11.8. The van der Waals surface area contributed by atoms with E-state index in [1.54, 1.807) is 6.20 Å². The molecule has 0 saturated heterocycles.